The Bertz CT molecular complexity index is 1140. The molecule has 0 bridgehead atoms. The van der Waals surface area contributed by atoms with Crippen molar-refractivity contribution in [1.29, 1.82) is 0 Å². The molecule has 0 radical (unpaired) electrons. The van der Waals surface area contributed by atoms with Crippen molar-refractivity contribution in [2.45, 2.75) is 118 Å². The number of allylic oxidation sites excluding steroid dienone is 1. The molecule has 42 heavy (non-hydrogen) atoms. The molecule has 0 fully saturated rings. The average molecular weight is 593 g/mol. The standard InChI is InChI=1S/C36H52O5Si/c1-10-15-18-22-28(6)35(30(8)26-29(7)31(9)41-42(12-3,13-4)14-5)40-34(37)27-33(25-19-16-11-2)39-36(38)32-23-20-17-21-24-32/h17-18,20-24,26,28-29,31,33,35H,12-14,19,25,27H2,1-9H3/b22-18-,30-26+/t28-,29-,31+,33?,35+/m0/s1. The highest BCUT2D eigenvalue weighted by Crippen LogP contribution is 2.28. The van der Waals surface area contributed by atoms with Crippen LogP contribution in [0.3, 0.4) is 0 Å². The van der Waals surface area contributed by atoms with Crippen LogP contribution in [0, 0.1) is 35.5 Å². The predicted octanol–water partition coefficient (Wildman–Crippen LogP) is 8.53. The smallest absolute Gasteiger partial charge is 0.338 e. The van der Waals surface area contributed by atoms with Gasteiger partial charge in [-0.3, -0.25) is 4.79 Å². The van der Waals surface area contributed by atoms with Gasteiger partial charge in [0.2, 0.25) is 0 Å². The molecular formula is C36H52O5Si. The van der Waals surface area contributed by atoms with Gasteiger partial charge in [-0.2, -0.15) is 0 Å². The molecule has 0 spiro atoms. The van der Waals surface area contributed by atoms with Crippen molar-refractivity contribution in [3.8, 4) is 23.7 Å². The minimum Gasteiger partial charge on any atom is -0.458 e. The monoisotopic (exact) mass is 592 g/mol. The van der Waals surface area contributed by atoms with E-state index in [2.05, 4.69) is 64.4 Å². The summed E-state index contributed by atoms with van der Waals surface area (Å²) in [6, 6.07) is 12.1. The van der Waals surface area contributed by atoms with Gasteiger partial charge in [0.15, 0.2) is 8.32 Å². The van der Waals surface area contributed by atoms with Crippen molar-refractivity contribution in [2.75, 3.05) is 0 Å². The van der Waals surface area contributed by atoms with Crippen LogP contribution in [0.1, 0.15) is 91.9 Å². The zero-order valence-corrected chi connectivity index (χ0v) is 28.3. The molecule has 5 nitrogen and oxygen atoms in total. The second-order valence-corrected chi connectivity index (χ2v) is 15.6. The quantitative estimate of drug-likeness (QED) is 0.0785. The van der Waals surface area contributed by atoms with Gasteiger partial charge in [-0.1, -0.05) is 70.9 Å². The molecule has 0 amide bonds. The van der Waals surface area contributed by atoms with E-state index < -0.39 is 32.5 Å². The van der Waals surface area contributed by atoms with Crippen LogP contribution in [0.4, 0.5) is 0 Å². The number of ether oxygens (including phenoxy) is 2. The van der Waals surface area contributed by atoms with E-state index in [1.807, 2.05) is 26.0 Å². The molecule has 230 valence electrons. The summed E-state index contributed by atoms with van der Waals surface area (Å²) in [6.07, 6.45) is 5.76. The van der Waals surface area contributed by atoms with E-state index in [0.717, 1.165) is 23.7 Å². The van der Waals surface area contributed by atoms with Crippen molar-refractivity contribution in [3.05, 3.63) is 59.7 Å². The number of esters is 2. The molecule has 0 N–H and O–H groups in total. The molecule has 6 heteroatoms. The Morgan fingerprint density at radius 3 is 2.14 bits per heavy atom. The molecule has 1 unspecified atom stereocenters. The van der Waals surface area contributed by atoms with Gasteiger partial charge in [-0.05, 0) is 81.9 Å². The molecule has 0 heterocycles. The van der Waals surface area contributed by atoms with E-state index in [1.165, 1.54) is 0 Å². The van der Waals surface area contributed by atoms with Gasteiger partial charge in [-0.25, -0.2) is 4.79 Å². The molecule has 1 rings (SSSR count). The number of rotatable bonds is 17. The van der Waals surface area contributed by atoms with Crippen LogP contribution in [0.25, 0.3) is 0 Å². The molecule has 1 aromatic carbocycles. The molecule has 0 aliphatic heterocycles. The number of benzene rings is 1. The lowest BCUT2D eigenvalue weighted by atomic mass is 9.93. The van der Waals surface area contributed by atoms with Crippen LogP contribution in [-0.2, 0) is 18.7 Å². The van der Waals surface area contributed by atoms with E-state index in [-0.39, 0.29) is 24.4 Å². The summed E-state index contributed by atoms with van der Waals surface area (Å²) >= 11 is 0. The topological polar surface area (TPSA) is 61.8 Å². The largest absolute Gasteiger partial charge is 0.458 e. The van der Waals surface area contributed by atoms with Gasteiger partial charge in [0.05, 0.1) is 12.0 Å². The number of carbonyl (C=O) groups excluding carboxylic acids is 2. The van der Waals surface area contributed by atoms with E-state index >= 15 is 0 Å². The summed E-state index contributed by atoms with van der Waals surface area (Å²) in [5, 5.41) is 0. The molecular weight excluding hydrogens is 540 g/mol. The zero-order valence-electron chi connectivity index (χ0n) is 27.3. The van der Waals surface area contributed by atoms with Crippen molar-refractivity contribution in [1.82, 2.24) is 0 Å². The summed E-state index contributed by atoms with van der Waals surface area (Å²) < 4.78 is 18.6. The second kappa shape index (κ2) is 19.9. The maximum absolute atomic E-state index is 13.3. The Hall–Kier alpha value is -3.06. The predicted molar refractivity (Wildman–Crippen MR) is 175 cm³/mol. The summed E-state index contributed by atoms with van der Waals surface area (Å²) in [5.41, 5.74) is 1.40. The molecule has 0 saturated heterocycles. The van der Waals surface area contributed by atoms with Crippen LogP contribution >= 0.6 is 0 Å². The maximum Gasteiger partial charge on any atom is 0.338 e. The van der Waals surface area contributed by atoms with Gasteiger partial charge >= 0.3 is 11.9 Å². The third kappa shape index (κ3) is 12.8. The second-order valence-electron chi connectivity index (χ2n) is 10.9. The van der Waals surface area contributed by atoms with Crippen LogP contribution in [0.5, 0.6) is 0 Å². The first-order valence-electron chi connectivity index (χ1n) is 15.4. The summed E-state index contributed by atoms with van der Waals surface area (Å²) in [4.78, 5) is 26.1. The van der Waals surface area contributed by atoms with Gasteiger partial charge in [-0.15, -0.1) is 17.8 Å². The highest BCUT2D eigenvalue weighted by Gasteiger charge is 2.32. The fourth-order valence-corrected chi connectivity index (χ4v) is 7.88. The lowest BCUT2D eigenvalue weighted by molar-refractivity contribution is -0.151. The normalized spacial score (nSPS) is 15.3. The van der Waals surface area contributed by atoms with Gasteiger partial charge < -0.3 is 13.9 Å². The van der Waals surface area contributed by atoms with Gasteiger partial charge in [0, 0.05) is 18.4 Å². The Labute approximate surface area is 256 Å². The van der Waals surface area contributed by atoms with Crippen molar-refractivity contribution in [2.24, 2.45) is 11.8 Å². The third-order valence-electron chi connectivity index (χ3n) is 7.89. The summed E-state index contributed by atoms with van der Waals surface area (Å²) in [6.45, 7) is 18.6. The Kier molecular flexibility index (Phi) is 17.6. The number of carbonyl (C=O) groups is 2. The van der Waals surface area contributed by atoms with E-state index in [0.29, 0.717) is 18.4 Å². The Morgan fingerprint density at radius 2 is 1.57 bits per heavy atom. The molecule has 1 aromatic rings. The first-order chi connectivity index (χ1) is 20.1. The SMILES string of the molecule is CC#C/C=C\[C@H](C)[C@@H](OC(=O)CC(CCC#CC)OC(=O)c1ccccc1)/C(C)=C/[C@H](C)[C@@H](C)O[Si](CC)(CC)CC. The molecule has 0 aliphatic rings. The highest BCUT2D eigenvalue weighted by molar-refractivity contribution is 6.73. The maximum atomic E-state index is 13.3. The summed E-state index contributed by atoms with van der Waals surface area (Å²) in [7, 11) is -1.75. The Balaban J connectivity index is 3.16. The number of hydrogen-bond donors (Lipinski definition) is 0. The lowest BCUT2D eigenvalue weighted by Gasteiger charge is -2.34. The first kappa shape index (κ1) is 37.0. The highest BCUT2D eigenvalue weighted by atomic mass is 28.4. The minimum absolute atomic E-state index is 0.0500. The van der Waals surface area contributed by atoms with Crippen molar-refractivity contribution >= 4 is 20.3 Å². The molecule has 5 atom stereocenters. The van der Waals surface area contributed by atoms with Gasteiger partial charge in [0.25, 0.3) is 0 Å². The van der Waals surface area contributed by atoms with E-state index in [4.69, 9.17) is 13.9 Å². The summed E-state index contributed by atoms with van der Waals surface area (Å²) in [5.74, 6) is 10.8. The average Bonchev–Trinajstić information content (AvgIpc) is 2.99. The van der Waals surface area contributed by atoms with Crippen LogP contribution in [0.2, 0.25) is 18.1 Å². The molecule has 0 aromatic heterocycles. The van der Waals surface area contributed by atoms with Crippen LogP contribution < -0.4 is 0 Å². The third-order valence-corrected chi connectivity index (χ3v) is 12.6. The zero-order chi connectivity index (χ0) is 31.5. The van der Waals surface area contributed by atoms with Crippen LogP contribution in [-0.4, -0.2) is 38.6 Å². The van der Waals surface area contributed by atoms with E-state index in [9.17, 15) is 9.59 Å². The van der Waals surface area contributed by atoms with Gasteiger partial charge in [0.1, 0.15) is 12.2 Å². The fourth-order valence-electron chi connectivity index (χ4n) is 4.88. The van der Waals surface area contributed by atoms with Crippen molar-refractivity contribution in [3.63, 3.8) is 0 Å². The molecule has 0 saturated carbocycles. The van der Waals surface area contributed by atoms with Crippen molar-refractivity contribution < 1.29 is 23.5 Å². The first-order valence-corrected chi connectivity index (χ1v) is 17.9. The Morgan fingerprint density at radius 1 is 0.929 bits per heavy atom. The number of hydrogen-bond acceptors (Lipinski definition) is 5. The van der Waals surface area contributed by atoms with E-state index in [1.54, 1.807) is 44.2 Å². The van der Waals surface area contributed by atoms with Crippen LogP contribution in [0.15, 0.2) is 54.1 Å². The lowest BCUT2D eigenvalue weighted by Crippen LogP contribution is -2.40. The minimum atomic E-state index is -1.75. The molecule has 0 aliphatic carbocycles. The fraction of sp³-hybridized carbons (Fsp3) is 0.556.